The Bertz CT molecular complexity index is 1130. The predicted octanol–water partition coefficient (Wildman–Crippen LogP) is 2.81. The predicted molar refractivity (Wildman–Crippen MR) is 98.9 cm³/mol. The largest absolute Gasteiger partial charge is 0.442 e. The number of benzene rings is 1. The van der Waals surface area contributed by atoms with E-state index in [2.05, 4.69) is 9.97 Å². The molecule has 0 aliphatic carbocycles. The molecule has 1 N–H and O–H groups in total. The van der Waals surface area contributed by atoms with E-state index in [-0.39, 0.29) is 22.6 Å². The number of aromatic amines is 1. The van der Waals surface area contributed by atoms with Gasteiger partial charge in [-0.05, 0) is 25.1 Å². The van der Waals surface area contributed by atoms with Crippen molar-refractivity contribution < 1.29 is 22.4 Å². The van der Waals surface area contributed by atoms with Gasteiger partial charge in [-0.25, -0.2) is 4.98 Å². The third-order valence-electron chi connectivity index (χ3n) is 4.99. The number of amides is 1. The molecule has 1 amide bonds. The molecule has 0 unspecified atom stereocenters. The first kappa shape index (κ1) is 19.0. The van der Waals surface area contributed by atoms with Crippen molar-refractivity contribution in [1.82, 2.24) is 14.9 Å². The SMILES string of the molecule is Cc1oc2nc[nH]c(=O)c2c1C(=O)N1CCN(c2cccc(C(F)(F)F)c2)CC1. The van der Waals surface area contributed by atoms with Crippen LogP contribution in [-0.2, 0) is 6.18 Å². The molecule has 152 valence electrons. The van der Waals surface area contributed by atoms with Crippen molar-refractivity contribution in [3.63, 3.8) is 0 Å². The summed E-state index contributed by atoms with van der Waals surface area (Å²) >= 11 is 0. The summed E-state index contributed by atoms with van der Waals surface area (Å²) in [7, 11) is 0. The number of aryl methyl sites for hydroxylation is 1. The molecule has 4 rings (SSSR count). The molecule has 1 aliphatic heterocycles. The Morgan fingerprint density at radius 1 is 1.21 bits per heavy atom. The second-order valence-electron chi connectivity index (χ2n) is 6.77. The number of anilines is 1. The minimum atomic E-state index is -4.41. The molecule has 3 aromatic rings. The van der Waals surface area contributed by atoms with Gasteiger partial charge in [0.25, 0.3) is 11.5 Å². The zero-order valence-corrected chi connectivity index (χ0v) is 15.4. The van der Waals surface area contributed by atoms with Crippen LogP contribution in [0.25, 0.3) is 11.1 Å². The van der Waals surface area contributed by atoms with Crippen molar-refractivity contribution >= 4 is 22.7 Å². The highest BCUT2D eigenvalue weighted by atomic mass is 19.4. The third kappa shape index (κ3) is 3.45. The van der Waals surface area contributed by atoms with E-state index >= 15 is 0 Å². The van der Waals surface area contributed by atoms with Crippen molar-refractivity contribution in [2.45, 2.75) is 13.1 Å². The van der Waals surface area contributed by atoms with Gasteiger partial charge in [0.15, 0.2) is 0 Å². The third-order valence-corrected chi connectivity index (χ3v) is 4.99. The number of alkyl halides is 3. The molecule has 10 heteroatoms. The average Bonchev–Trinajstić information content (AvgIpc) is 3.04. The molecule has 0 spiro atoms. The minimum Gasteiger partial charge on any atom is -0.442 e. The van der Waals surface area contributed by atoms with E-state index in [1.54, 1.807) is 22.8 Å². The number of piperazine rings is 1. The average molecular weight is 406 g/mol. The summed E-state index contributed by atoms with van der Waals surface area (Å²) in [6.45, 7) is 2.94. The molecule has 0 bridgehead atoms. The van der Waals surface area contributed by atoms with Gasteiger partial charge in [-0.1, -0.05) is 6.07 Å². The molecule has 0 radical (unpaired) electrons. The summed E-state index contributed by atoms with van der Waals surface area (Å²) in [6, 6.07) is 5.12. The number of carbonyl (C=O) groups excluding carboxylic acids is 1. The number of carbonyl (C=O) groups is 1. The first-order valence-electron chi connectivity index (χ1n) is 8.94. The van der Waals surface area contributed by atoms with Crippen molar-refractivity contribution in [2.75, 3.05) is 31.1 Å². The maximum absolute atomic E-state index is 13.0. The van der Waals surface area contributed by atoms with Crippen LogP contribution in [0.4, 0.5) is 18.9 Å². The van der Waals surface area contributed by atoms with Gasteiger partial charge in [-0.2, -0.15) is 13.2 Å². The summed E-state index contributed by atoms with van der Waals surface area (Å²) in [5.41, 5.74) is -0.449. The van der Waals surface area contributed by atoms with E-state index in [0.717, 1.165) is 12.1 Å². The van der Waals surface area contributed by atoms with Crippen molar-refractivity contribution in [1.29, 1.82) is 0 Å². The number of fused-ring (bicyclic) bond motifs is 1. The lowest BCUT2D eigenvalue weighted by Gasteiger charge is -2.36. The van der Waals surface area contributed by atoms with Gasteiger partial charge in [-0.3, -0.25) is 9.59 Å². The zero-order chi connectivity index (χ0) is 20.8. The van der Waals surface area contributed by atoms with Gasteiger partial charge < -0.3 is 19.2 Å². The van der Waals surface area contributed by atoms with Crippen LogP contribution < -0.4 is 10.5 Å². The molecule has 3 heterocycles. The standard InChI is InChI=1S/C19H17F3N4O3/c1-11-14(15-16(27)23-10-24-17(15)29-11)18(28)26-7-5-25(6-8-26)13-4-2-3-12(9-13)19(20,21)22/h2-4,9-10H,5-8H2,1H3,(H,23,24,27). The van der Waals surface area contributed by atoms with Crippen LogP contribution in [0.3, 0.4) is 0 Å². The van der Waals surface area contributed by atoms with E-state index in [1.165, 1.54) is 12.4 Å². The Balaban J connectivity index is 1.53. The Hall–Kier alpha value is -3.30. The minimum absolute atomic E-state index is 0.0946. The van der Waals surface area contributed by atoms with E-state index in [4.69, 9.17) is 4.42 Å². The summed E-state index contributed by atoms with van der Waals surface area (Å²) in [6.07, 6.45) is -3.20. The Morgan fingerprint density at radius 2 is 1.93 bits per heavy atom. The highest BCUT2D eigenvalue weighted by Gasteiger charge is 2.32. The van der Waals surface area contributed by atoms with E-state index in [0.29, 0.717) is 37.6 Å². The lowest BCUT2D eigenvalue weighted by atomic mass is 10.1. The molecule has 0 atom stereocenters. The number of furan rings is 1. The fraction of sp³-hybridized carbons (Fsp3) is 0.316. The Morgan fingerprint density at radius 3 is 2.62 bits per heavy atom. The summed E-state index contributed by atoms with van der Waals surface area (Å²) < 4.78 is 44.3. The lowest BCUT2D eigenvalue weighted by Crippen LogP contribution is -2.49. The van der Waals surface area contributed by atoms with Gasteiger partial charge in [-0.15, -0.1) is 0 Å². The van der Waals surface area contributed by atoms with Crippen LogP contribution in [0.15, 0.2) is 39.8 Å². The van der Waals surface area contributed by atoms with Gasteiger partial charge in [0.2, 0.25) is 5.71 Å². The molecule has 1 saturated heterocycles. The number of hydrogen-bond acceptors (Lipinski definition) is 5. The molecule has 1 aliphatic rings. The van der Waals surface area contributed by atoms with Gasteiger partial charge in [0.05, 0.1) is 17.5 Å². The summed E-state index contributed by atoms with van der Waals surface area (Å²) in [5, 5.41) is 0.107. The number of hydrogen-bond donors (Lipinski definition) is 1. The number of nitrogens with zero attached hydrogens (tertiary/aromatic N) is 3. The monoisotopic (exact) mass is 406 g/mol. The fourth-order valence-corrected chi connectivity index (χ4v) is 3.52. The summed E-state index contributed by atoms with van der Waals surface area (Å²) in [4.78, 5) is 34.9. The van der Waals surface area contributed by atoms with Crippen LogP contribution in [0.2, 0.25) is 0 Å². The van der Waals surface area contributed by atoms with Crippen molar-refractivity contribution in [3.8, 4) is 0 Å². The van der Waals surface area contributed by atoms with Crippen LogP contribution in [0.1, 0.15) is 21.7 Å². The van der Waals surface area contributed by atoms with Crippen LogP contribution in [-0.4, -0.2) is 47.0 Å². The quantitative estimate of drug-likeness (QED) is 0.708. The highest BCUT2D eigenvalue weighted by Crippen LogP contribution is 2.32. The maximum atomic E-state index is 13.0. The zero-order valence-electron chi connectivity index (χ0n) is 15.4. The smallest absolute Gasteiger partial charge is 0.416 e. The number of nitrogens with one attached hydrogen (secondary N) is 1. The van der Waals surface area contributed by atoms with Crippen molar-refractivity contribution in [3.05, 3.63) is 57.8 Å². The molecular weight excluding hydrogens is 389 g/mol. The molecule has 1 aromatic carbocycles. The van der Waals surface area contributed by atoms with E-state index < -0.39 is 17.3 Å². The van der Waals surface area contributed by atoms with Crippen molar-refractivity contribution in [2.24, 2.45) is 0 Å². The second kappa shape index (κ2) is 6.94. The van der Waals surface area contributed by atoms with Crippen LogP contribution in [0.5, 0.6) is 0 Å². The Labute approximate surface area is 162 Å². The number of H-pyrrole nitrogens is 1. The molecule has 7 nitrogen and oxygen atoms in total. The maximum Gasteiger partial charge on any atom is 0.416 e. The Kier molecular flexibility index (Phi) is 4.56. The fourth-order valence-electron chi connectivity index (χ4n) is 3.52. The first-order chi connectivity index (χ1) is 13.8. The number of aromatic nitrogens is 2. The molecule has 0 saturated carbocycles. The highest BCUT2D eigenvalue weighted by molar-refractivity contribution is 6.06. The van der Waals surface area contributed by atoms with Gasteiger partial charge >= 0.3 is 6.18 Å². The molecule has 1 fully saturated rings. The number of rotatable bonds is 2. The number of halogens is 3. The van der Waals surface area contributed by atoms with Gasteiger partial charge in [0.1, 0.15) is 11.1 Å². The van der Waals surface area contributed by atoms with Crippen LogP contribution >= 0.6 is 0 Å². The first-order valence-corrected chi connectivity index (χ1v) is 8.94. The normalized spacial score (nSPS) is 15.2. The lowest BCUT2D eigenvalue weighted by molar-refractivity contribution is -0.137. The molecule has 2 aromatic heterocycles. The van der Waals surface area contributed by atoms with Crippen LogP contribution in [0, 0.1) is 6.92 Å². The summed E-state index contributed by atoms with van der Waals surface area (Å²) in [5.74, 6) is -0.0575. The van der Waals surface area contributed by atoms with Gasteiger partial charge in [0, 0.05) is 31.9 Å². The second-order valence-corrected chi connectivity index (χ2v) is 6.77. The molecular formula is C19H17F3N4O3. The molecule has 29 heavy (non-hydrogen) atoms. The van der Waals surface area contributed by atoms with E-state index in [1.807, 2.05) is 0 Å². The van der Waals surface area contributed by atoms with E-state index in [9.17, 15) is 22.8 Å². The topological polar surface area (TPSA) is 82.4 Å².